The molecule has 0 amide bonds. The van der Waals surface area contributed by atoms with Crippen LogP contribution in [0.2, 0.25) is 0 Å². The lowest BCUT2D eigenvalue weighted by atomic mass is 9.57. The van der Waals surface area contributed by atoms with Crippen molar-refractivity contribution in [2.45, 2.75) is 70.3 Å². The fraction of sp³-hybridized carbons (Fsp3) is 0.481. The monoisotopic (exact) mass is 428 g/mol. The van der Waals surface area contributed by atoms with Crippen molar-refractivity contribution in [3.8, 4) is 23.0 Å². The highest BCUT2D eigenvalue weighted by atomic mass is 16.5. The van der Waals surface area contributed by atoms with Crippen molar-refractivity contribution in [1.82, 2.24) is 10.3 Å². The average molecular weight is 429 g/mol. The molecule has 1 fully saturated rings. The van der Waals surface area contributed by atoms with Crippen LogP contribution < -0.4 is 11.1 Å². The van der Waals surface area contributed by atoms with E-state index in [2.05, 4.69) is 53.3 Å². The number of nitrogens with zero attached hydrogens (tertiary/aromatic N) is 2. The van der Waals surface area contributed by atoms with Crippen molar-refractivity contribution in [2.75, 3.05) is 7.11 Å². The maximum atomic E-state index is 6.49. The molecule has 0 radical (unpaired) electrons. The van der Waals surface area contributed by atoms with Crippen LogP contribution in [-0.4, -0.2) is 30.1 Å². The van der Waals surface area contributed by atoms with Crippen LogP contribution in [0.5, 0.6) is 0 Å². The minimum Gasteiger partial charge on any atom is -0.381 e. The Labute approximate surface area is 190 Å². The van der Waals surface area contributed by atoms with Crippen LogP contribution in [0.3, 0.4) is 0 Å². The van der Waals surface area contributed by atoms with Crippen LogP contribution in [0.1, 0.15) is 62.6 Å². The van der Waals surface area contributed by atoms with Crippen LogP contribution in [0.15, 0.2) is 41.7 Å². The number of nitrogens with one attached hydrogen (secondary N) is 1. The molecular formula is C27H32N4O. The number of hydrogen-bond donors (Lipinski definition) is 2. The molecule has 1 saturated carbocycles. The first-order valence-corrected chi connectivity index (χ1v) is 11.6. The Hall–Kier alpha value is -2.52. The molecule has 1 aromatic carbocycles. The van der Waals surface area contributed by atoms with E-state index in [1.807, 2.05) is 26.4 Å². The van der Waals surface area contributed by atoms with E-state index in [-0.39, 0.29) is 11.6 Å². The summed E-state index contributed by atoms with van der Waals surface area (Å²) in [5, 5.41) is 3.77. The summed E-state index contributed by atoms with van der Waals surface area (Å²) in [6.07, 6.45) is 10.4. The molecule has 2 atom stereocenters. The van der Waals surface area contributed by atoms with Gasteiger partial charge in [0.2, 0.25) is 0 Å². The minimum absolute atomic E-state index is 0.0524. The topological polar surface area (TPSA) is 72.5 Å². The summed E-state index contributed by atoms with van der Waals surface area (Å²) in [6.45, 7) is 3.90. The SMILES string of the molecule is CC#Cc1cncc(-c2ccc3c(c2)C2(N=C(C)C(N)N2)[C@]2(CC3)CC[C@@H](OC)CC2)c1. The van der Waals surface area contributed by atoms with Crippen LogP contribution in [0, 0.1) is 17.3 Å². The van der Waals surface area contributed by atoms with Crippen molar-refractivity contribution in [2.24, 2.45) is 16.1 Å². The van der Waals surface area contributed by atoms with Crippen molar-refractivity contribution < 1.29 is 4.74 Å². The molecule has 0 saturated heterocycles. The molecule has 2 heterocycles. The van der Waals surface area contributed by atoms with Gasteiger partial charge in [-0.3, -0.25) is 15.3 Å². The number of aromatic nitrogens is 1. The van der Waals surface area contributed by atoms with Gasteiger partial charge in [-0.15, -0.1) is 5.92 Å². The summed E-state index contributed by atoms with van der Waals surface area (Å²) in [4.78, 5) is 9.74. The van der Waals surface area contributed by atoms with Gasteiger partial charge in [-0.05, 0) is 81.2 Å². The number of pyridine rings is 1. The van der Waals surface area contributed by atoms with Gasteiger partial charge in [0.05, 0.1) is 12.3 Å². The van der Waals surface area contributed by atoms with Crippen LogP contribution in [0.4, 0.5) is 0 Å². The van der Waals surface area contributed by atoms with E-state index in [0.29, 0.717) is 6.10 Å². The van der Waals surface area contributed by atoms with Crippen LogP contribution >= 0.6 is 0 Å². The molecule has 2 spiro atoms. The average Bonchev–Trinajstić information content (AvgIpc) is 3.13. The molecular weight excluding hydrogens is 396 g/mol. The van der Waals surface area contributed by atoms with Gasteiger partial charge in [-0.2, -0.15) is 0 Å². The lowest BCUT2D eigenvalue weighted by Crippen LogP contribution is -2.59. The maximum Gasteiger partial charge on any atom is 0.143 e. The van der Waals surface area contributed by atoms with Crippen LogP contribution in [0.25, 0.3) is 11.1 Å². The Kier molecular flexibility index (Phi) is 5.41. The summed E-state index contributed by atoms with van der Waals surface area (Å²) >= 11 is 0. The van der Waals surface area contributed by atoms with E-state index in [9.17, 15) is 0 Å². The molecule has 2 aromatic rings. The third kappa shape index (κ3) is 3.29. The van der Waals surface area contributed by atoms with Gasteiger partial charge in [0.15, 0.2) is 0 Å². The molecule has 3 aliphatic rings. The third-order valence-electron chi connectivity index (χ3n) is 7.86. The highest BCUT2D eigenvalue weighted by Gasteiger charge is 2.58. The van der Waals surface area contributed by atoms with E-state index < -0.39 is 5.66 Å². The smallest absolute Gasteiger partial charge is 0.143 e. The number of rotatable bonds is 2. The number of aryl methyl sites for hydroxylation is 1. The van der Waals surface area contributed by atoms with E-state index in [1.54, 1.807) is 0 Å². The Morgan fingerprint density at radius 3 is 2.62 bits per heavy atom. The standard InChI is InChI=1S/C27H32N4O/c1-4-5-19-14-22(17-29-16-19)21-7-6-20-8-11-26(12-9-23(32-3)10-13-26)27(24(20)15-21)30-18(2)25(28)31-27/h6-7,14-17,23,25,31H,8-13,28H2,1-3H3/t23-,25?,26-,27?. The van der Waals surface area contributed by atoms with E-state index in [4.69, 9.17) is 15.5 Å². The van der Waals surface area contributed by atoms with Gasteiger partial charge in [0, 0.05) is 41.8 Å². The maximum absolute atomic E-state index is 6.49. The quantitative estimate of drug-likeness (QED) is 0.705. The highest BCUT2D eigenvalue weighted by molar-refractivity contribution is 5.89. The number of hydrogen-bond acceptors (Lipinski definition) is 5. The summed E-state index contributed by atoms with van der Waals surface area (Å²) < 4.78 is 5.70. The van der Waals surface area contributed by atoms with E-state index in [0.717, 1.165) is 60.9 Å². The lowest BCUT2D eigenvalue weighted by Gasteiger charge is -2.54. The molecule has 5 rings (SSSR count). The zero-order valence-corrected chi connectivity index (χ0v) is 19.2. The Morgan fingerprint density at radius 1 is 1.12 bits per heavy atom. The molecule has 32 heavy (non-hydrogen) atoms. The first kappa shape index (κ1) is 21.3. The molecule has 2 unspecified atom stereocenters. The molecule has 5 nitrogen and oxygen atoms in total. The molecule has 3 N–H and O–H groups in total. The summed E-state index contributed by atoms with van der Waals surface area (Å²) in [5.41, 5.74) is 12.8. The van der Waals surface area contributed by atoms with E-state index >= 15 is 0 Å². The molecule has 1 aliphatic heterocycles. The molecule has 0 bridgehead atoms. The number of ether oxygens (including phenoxy) is 1. The molecule has 5 heteroatoms. The Balaban J connectivity index is 1.63. The fourth-order valence-electron chi connectivity index (χ4n) is 6.06. The molecule has 1 aromatic heterocycles. The number of methoxy groups -OCH3 is 1. The number of nitrogens with two attached hydrogens (primary N) is 1. The second kappa shape index (κ2) is 8.12. The van der Waals surface area contributed by atoms with Crippen LogP contribution in [-0.2, 0) is 16.8 Å². The summed E-state index contributed by atoms with van der Waals surface area (Å²) in [5.74, 6) is 6.09. The predicted octanol–water partition coefficient (Wildman–Crippen LogP) is 4.14. The molecule has 2 aliphatic carbocycles. The second-order valence-corrected chi connectivity index (χ2v) is 9.51. The second-order valence-electron chi connectivity index (χ2n) is 9.51. The number of benzene rings is 1. The normalized spacial score (nSPS) is 31.2. The van der Waals surface area contributed by atoms with Crippen molar-refractivity contribution in [3.05, 3.63) is 53.3 Å². The molecule has 166 valence electrons. The van der Waals surface area contributed by atoms with Gasteiger partial charge in [-0.1, -0.05) is 18.1 Å². The van der Waals surface area contributed by atoms with Gasteiger partial charge < -0.3 is 10.5 Å². The Morgan fingerprint density at radius 2 is 1.94 bits per heavy atom. The van der Waals surface area contributed by atoms with Gasteiger partial charge in [-0.25, -0.2) is 0 Å². The zero-order chi connectivity index (χ0) is 22.3. The van der Waals surface area contributed by atoms with Gasteiger partial charge in [0.1, 0.15) is 5.66 Å². The minimum atomic E-state index is -0.479. The Bertz CT molecular complexity index is 1120. The lowest BCUT2D eigenvalue weighted by molar-refractivity contribution is -0.0314. The fourth-order valence-corrected chi connectivity index (χ4v) is 6.06. The predicted molar refractivity (Wildman–Crippen MR) is 128 cm³/mol. The first-order chi connectivity index (χ1) is 15.5. The van der Waals surface area contributed by atoms with Gasteiger partial charge in [0.25, 0.3) is 0 Å². The summed E-state index contributed by atoms with van der Waals surface area (Å²) in [6, 6.07) is 8.91. The highest BCUT2D eigenvalue weighted by Crippen LogP contribution is 2.58. The van der Waals surface area contributed by atoms with Crippen molar-refractivity contribution in [1.29, 1.82) is 0 Å². The number of aliphatic imine (C=N–C) groups is 1. The van der Waals surface area contributed by atoms with E-state index in [1.165, 1.54) is 11.1 Å². The first-order valence-electron chi connectivity index (χ1n) is 11.6. The van der Waals surface area contributed by atoms with Gasteiger partial charge >= 0.3 is 0 Å². The van der Waals surface area contributed by atoms with Crippen molar-refractivity contribution >= 4 is 5.71 Å². The summed E-state index contributed by atoms with van der Waals surface area (Å²) in [7, 11) is 1.83. The third-order valence-corrected chi connectivity index (χ3v) is 7.86. The zero-order valence-electron chi connectivity index (χ0n) is 19.2. The van der Waals surface area contributed by atoms with Crippen molar-refractivity contribution in [3.63, 3.8) is 0 Å². The number of fused-ring (bicyclic) bond motifs is 3. The largest absolute Gasteiger partial charge is 0.381 e.